The Morgan fingerprint density at radius 3 is 2.26 bits per heavy atom. The summed E-state index contributed by atoms with van der Waals surface area (Å²) in [6.07, 6.45) is 0. The average Bonchev–Trinajstić information content (AvgIpc) is 3.14. The summed E-state index contributed by atoms with van der Waals surface area (Å²) in [7, 11) is 0. The van der Waals surface area contributed by atoms with Crippen LogP contribution < -0.4 is 4.90 Å². The number of hydrogen-bond donors (Lipinski definition) is 1. The maximum Gasteiger partial charge on any atom is 0.242 e. The number of carbonyl (C=O) groups excluding carboxylic acids is 2. The standard InChI is InChI=1S/C23H25N5O2S/c1-16-3-5-19(6-4-16)22-24-25-23(31)28(22)15-21(30)27-13-11-26(12-14-27)20-9-7-18(8-10-20)17(2)29/h3-10H,11-15H2,1-2H3,(H,25,31). The SMILES string of the molecule is CC(=O)c1ccc(N2CCN(C(=O)Cn3c(-c4ccc(C)cc4)n[nH]c3=S)CC2)cc1. The summed E-state index contributed by atoms with van der Waals surface area (Å²) in [5.74, 6) is 0.754. The van der Waals surface area contributed by atoms with Gasteiger partial charge < -0.3 is 9.80 Å². The monoisotopic (exact) mass is 435 g/mol. The van der Waals surface area contributed by atoms with Gasteiger partial charge in [0.25, 0.3) is 0 Å². The van der Waals surface area contributed by atoms with Crippen LogP contribution in [-0.2, 0) is 11.3 Å². The summed E-state index contributed by atoms with van der Waals surface area (Å²) in [4.78, 5) is 28.5. The number of Topliss-reactive ketones (excluding diaryl/α,β-unsaturated/α-hetero) is 1. The van der Waals surface area contributed by atoms with E-state index >= 15 is 0 Å². The van der Waals surface area contributed by atoms with E-state index in [1.807, 2.05) is 60.4 Å². The van der Waals surface area contributed by atoms with Crippen LogP contribution in [-0.4, -0.2) is 57.5 Å². The molecule has 0 aliphatic carbocycles. The van der Waals surface area contributed by atoms with Crippen LogP contribution in [0.4, 0.5) is 5.69 Å². The van der Waals surface area contributed by atoms with Crippen molar-refractivity contribution in [3.8, 4) is 11.4 Å². The zero-order valence-corrected chi connectivity index (χ0v) is 18.5. The highest BCUT2D eigenvalue weighted by atomic mass is 32.1. The van der Waals surface area contributed by atoms with E-state index in [9.17, 15) is 9.59 Å². The molecule has 1 aliphatic heterocycles. The maximum atomic E-state index is 13.0. The van der Waals surface area contributed by atoms with Crippen molar-refractivity contribution in [2.45, 2.75) is 20.4 Å². The van der Waals surface area contributed by atoms with Gasteiger partial charge in [0, 0.05) is 43.0 Å². The van der Waals surface area contributed by atoms with Crippen LogP contribution in [0.5, 0.6) is 0 Å². The first-order chi connectivity index (χ1) is 14.9. The van der Waals surface area contributed by atoms with Crippen molar-refractivity contribution in [1.29, 1.82) is 0 Å². The number of nitrogens with zero attached hydrogens (tertiary/aromatic N) is 4. The molecular weight excluding hydrogens is 410 g/mol. The predicted octanol–water partition coefficient (Wildman–Crippen LogP) is 3.47. The molecule has 31 heavy (non-hydrogen) atoms. The molecule has 0 unspecified atom stereocenters. The number of nitrogens with one attached hydrogen (secondary N) is 1. The Kier molecular flexibility index (Phi) is 5.99. The van der Waals surface area contributed by atoms with E-state index in [1.165, 1.54) is 0 Å². The van der Waals surface area contributed by atoms with Crippen molar-refractivity contribution < 1.29 is 9.59 Å². The number of rotatable bonds is 5. The Morgan fingerprint density at radius 2 is 1.65 bits per heavy atom. The van der Waals surface area contributed by atoms with Gasteiger partial charge in [0.1, 0.15) is 6.54 Å². The van der Waals surface area contributed by atoms with Gasteiger partial charge in [-0.15, -0.1) is 0 Å². The van der Waals surface area contributed by atoms with E-state index in [0.29, 0.717) is 29.2 Å². The van der Waals surface area contributed by atoms with Gasteiger partial charge in [0.2, 0.25) is 5.91 Å². The molecule has 1 fully saturated rings. The molecule has 2 aromatic carbocycles. The summed E-state index contributed by atoms with van der Waals surface area (Å²) < 4.78 is 2.20. The molecule has 160 valence electrons. The first-order valence-electron chi connectivity index (χ1n) is 10.3. The Labute approximate surface area is 186 Å². The smallest absolute Gasteiger partial charge is 0.242 e. The molecule has 4 rings (SSSR count). The predicted molar refractivity (Wildman–Crippen MR) is 123 cm³/mol. The average molecular weight is 436 g/mol. The fourth-order valence-electron chi connectivity index (χ4n) is 3.74. The lowest BCUT2D eigenvalue weighted by atomic mass is 10.1. The largest absolute Gasteiger partial charge is 0.368 e. The Hall–Kier alpha value is -3.26. The number of piperazine rings is 1. The van der Waals surface area contributed by atoms with Gasteiger partial charge in [-0.05, 0) is 50.3 Å². The molecule has 1 N–H and O–H groups in total. The summed E-state index contributed by atoms with van der Waals surface area (Å²) in [6.45, 7) is 6.51. The van der Waals surface area contributed by atoms with Crippen molar-refractivity contribution in [1.82, 2.24) is 19.7 Å². The molecule has 0 radical (unpaired) electrons. The van der Waals surface area contributed by atoms with Crippen molar-refractivity contribution in [3.63, 3.8) is 0 Å². The van der Waals surface area contributed by atoms with E-state index in [4.69, 9.17) is 12.2 Å². The second-order valence-electron chi connectivity index (χ2n) is 7.78. The van der Waals surface area contributed by atoms with Gasteiger partial charge in [0.15, 0.2) is 16.4 Å². The highest BCUT2D eigenvalue weighted by Crippen LogP contribution is 2.20. The van der Waals surface area contributed by atoms with Crippen LogP contribution in [0.15, 0.2) is 48.5 Å². The van der Waals surface area contributed by atoms with Gasteiger partial charge in [-0.3, -0.25) is 19.3 Å². The van der Waals surface area contributed by atoms with Crippen LogP contribution in [0.25, 0.3) is 11.4 Å². The molecule has 0 spiro atoms. The first-order valence-corrected chi connectivity index (χ1v) is 10.7. The number of amides is 1. The van der Waals surface area contributed by atoms with Crippen molar-refractivity contribution >= 4 is 29.6 Å². The zero-order valence-electron chi connectivity index (χ0n) is 17.7. The highest BCUT2D eigenvalue weighted by molar-refractivity contribution is 7.71. The second kappa shape index (κ2) is 8.85. The minimum absolute atomic E-state index is 0.0254. The molecule has 2 heterocycles. The van der Waals surface area contributed by atoms with Crippen LogP contribution >= 0.6 is 12.2 Å². The van der Waals surface area contributed by atoms with Gasteiger partial charge >= 0.3 is 0 Å². The second-order valence-corrected chi connectivity index (χ2v) is 8.16. The molecule has 0 bridgehead atoms. The number of aromatic nitrogens is 3. The molecule has 1 aliphatic rings. The maximum absolute atomic E-state index is 13.0. The van der Waals surface area contributed by atoms with Gasteiger partial charge in [-0.25, -0.2) is 0 Å². The lowest BCUT2D eigenvalue weighted by molar-refractivity contribution is -0.132. The number of aryl methyl sites for hydroxylation is 1. The molecule has 0 atom stereocenters. The lowest BCUT2D eigenvalue weighted by Crippen LogP contribution is -2.49. The number of anilines is 1. The van der Waals surface area contributed by atoms with E-state index in [2.05, 4.69) is 15.1 Å². The van der Waals surface area contributed by atoms with Crippen molar-refractivity contribution in [2.24, 2.45) is 0 Å². The quantitative estimate of drug-likeness (QED) is 0.491. The summed E-state index contributed by atoms with van der Waals surface area (Å²) in [5.41, 5.74) is 3.86. The van der Waals surface area contributed by atoms with Crippen molar-refractivity contribution in [2.75, 3.05) is 31.1 Å². The van der Waals surface area contributed by atoms with E-state index < -0.39 is 0 Å². The fraction of sp³-hybridized carbons (Fsp3) is 0.304. The number of aromatic amines is 1. The number of benzene rings is 2. The third-order valence-corrected chi connectivity index (χ3v) is 5.94. The van der Waals surface area contributed by atoms with Gasteiger partial charge in [-0.2, -0.15) is 5.10 Å². The lowest BCUT2D eigenvalue weighted by Gasteiger charge is -2.36. The molecule has 1 saturated heterocycles. The summed E-state index contributed by atoms with van der Waals surface area (Å²) >= 11 is 5.37. The van der Waals surface area contributed by atoms with Crippen LogP contribution in [0, 0.1) is 11.7 Å². The molecule has 0 saturated carbocycles. The molecule has 3 aromatic rings. The van der Waals surface area contributed by atoms with E-state index in [1.54, 1.807) is 11.5 Å². The van der Waals surface area contributed by atoms with Crippen molar-refractivity contribution in [3.05, 3.63) is 64.4 Å². The van der Waals surface area contributed by atoms with Gasteiger partial charge in [0.05, 0.1) is 0 Å². The Bertz CT molecular complexity index is 1140. The molecule has 8 heteroatoms. The third-order valence-electron chi connectivity index (χ3n) is 5.63. The number of hydrogen-bond acceptors (Lipinski definition) is 5. The van der Waals surface area contributed by atoms with Crippen LogP contribution in [0.2, 0.25) is 0 Å². The van der Waals surface area contributed by atoms with E-state index in [0.717, 1.165) is 29.9 Å². The fourth-order valence-corrected chi connectivity index (χ4v) is 3.94. The third kappa shape index (κ3) is 4.59. The van der Waals surface area contributed by atoms with Gasteiger partial charge in [-0.1, -0.05) is 29.8 Å². The van der Waals surface area contributed by atoms with E-state index in [-0.39, 0.29) is 18.2 Å². The first kappa shape index (κ1) is 21.0. The zero-order chi connectivity index (χ0) is 22.0. The summed E-state index contributed by atoms with van der Waals surface area (Å²) in [5, 5.41) is 7.14. The molecular formula is C23H25N5O2S. The molecule has 1 aromatic heterocycles. The number of H-pyrrole nitrogens is 1. The Morgan fingerprint density at radius 1 is 1.00 bits per heavy atom. The highest BCUT2D eigenvalue weighted by Gasteiger charge is 2.23. The summed E-state index contributed by atoms with van der Waals surface area (Å²) in [6, 6.07) is 15.6. The van der Waals surface area contributed by atoms with Crippen LogP contribution in [0.1, 0.15) is 22.8 Å². The molecule has 1 amide bonds. The van der Waals surface area contributed by atoms with Crippen LogP contribution in [0.3, 0.4) is 0 Å². The minimum atomic E-state index is 0.0254. The Balaban J connectivity index is 1.41. The number of carbonyl (C=O) groups is 2. The number of ketones is 1. The molecule has 7 nitrogen and oxygen atoms in total. The topological polar surface area (TPSA) is 74.2 Å². The normalized spacial score (nSPS) is 14.0. The minimum Gasteiger partial charge on any atom is -0.368 e.